The third-order valence-corrected chi connectivity index (χ3v) is 4.26. The molecule has 0 aromatic heterocycles. The van der Waals surface area contributed by atoms with Gasteiger partial charge >= 0.3 is 0 Å². The molecule has 1 rings (SSSR count). The molecule has 2 atom stereocenters. The summed E-state index contributed by atoms with van der Waals surface area (Å²) in [5.41, 5.74) is 0. The molecule has 0 bridgehead atoms. The standard InChI is InChI=1S/C16H35N3/c1-6-19(11-7-10-18(4)5)16-9-8-15(16)13-17-12-14(2)3/h14-17H,6-13H2,1-5H3. The summed E-state index contributed by atoms with van der Waals surface area (Å²) in [7, 11) is 4.33. The molecule has 3 heteroatoms. The van der Waals surface area contributed by atoms with E-state index in [0.717, 1.165) is 24.4 Å². The minimum absolute atomic E-state index is 0.765. The average molecular weight is 269 g/mol. The lowest BCUT2D eigenvalue weighted by molar-refractivity contribution is 0.0631. The lowest BCUT2D eigenvalue weighted by Crippen LogP contribution is -2.51. The zero-order chi connectivity index (χ0) is 14.3. The van der Waals surface area contributed by atoms with Crippen LogP contribution in [0.15, 0.2) is 0 Å². The molecule has 0 aromatic carbocycles. The van der Waals surface area contributed by atoms with E-state index in [-0.39, 0.29) is 0 Å². The summed E-state index contributed by atoms with van der Waals surface area (Å²) >= 11 is 0. The topological polar surface area (TPSA) is 18.5 Å². The van der Waals surface area contributed by atoms with Gasteiger partial charge in [0.05, 0.1) is 0 Å². The molecule has 0 aliphatic heterocycles. The lowest BCUT2D eigenvalue weighted by atomic mass is 9.78. The zero-order valence-corrected chi connectivity index (χ0v) is 13.8. The SMILES string of the molecule is CCN(CCCN(C)C)C1CCC1CNCC(C)C. The summed E-state index contributed by atoms with van der Waals surface area (Å²) in [6.07, 6.45) is 4.12. The van der Waals surface area contributed by atoms with Gasteiger partial charge in [-0.05, 0) is 77.9 Å². The van der Waals surface area contributed by atoms with Crippen molar-refractivity contribution < 1.29 is 0 Å². The van der Waals surface area contributed by atoms with Crippen molar-refractivity contribution in [2.45, 2.75) is 46.1 Å². The summed E-state index contributed by atoms with van der Waals surface area (Å²) in [6, 6.07) is 0.840. The van der Waals surface area contributed by atoms with Crippen LogP contribution in [0, 0.1) is 11.8 Å². The Morgan fingerprint density at radius 2 is 1.89 bits per heavy atom. The molecule has 0 aromatic rings. The maximum atomic E-state index is 3.64. The zero-order valence-electron chi connectivity index (χ0n) is 13.8. The van der Waals surface area contributed by atoms with Crippen molar-refractivity contribution in [3.8, 4) is 0 Å². The second-order valence-corrected chi connectivity index (χ2v) is 6.74. The Balaban J connectivity index is 2.23. The van der Waals surface area contributed by atoms with Gasteiger partial charge in [0.15, 0.2) is 0 Å². The Morgan fingerprint density at radius 3 is 2.37 bits per heavy atom. The van der Waals surface area contributed by atoms with E-state index in [0.29, 0.717) is 0 Å². The van der Waals surface area contributed by atoms with Crippen LogP contribution in [0.5, 0.6) is 0 Å². The molecule has 1 N–H and O–H groups in total. The Morgan fingerprint density at radius 1 is 1.16 bits per heavy atom. The van der Waals surface area contributed by atoms with E-state index in [1.807, 2.05) is 0 Å². The molecular weight excluding hydrogens is 234 g/mol. The molecule has 1 aliphatic carbocycles. The lowest BCUT2D eigenvalue weighted by Gasteiger charge is -2.44. The van der Waals surface area contributed by atoms with E-state index in [1.54, 1.807) is 0 Å². The molecular formula is C16H35N3. The first-order valence-electron chi connectivity index (χ1n) is 8.14. The van der Waals surface area contributed by atoms with Gasteiger partial charge in [-0.15, -0.1) is 0 Å². The highest BCUT2D eigenvalue weighted by Gasteiger charge is 2.34. The number of nitrogens with zero attached hydrogens (tertiary/aromatic N) is 2. The van der Waals surface area contributed by atoms with E-state index >= 15 is 0 Å². The van der Waals surface area contributed by atoms with Crippen molar-refractivity contribution in [3.63, 3.8) is 0 Å². The molecule has 0 amide bonds. The van der Waals surface area contributed by atoms with Crippen LogP contribution >= 0.6 is 0 Å². The Kier molecular flexibility index (Phi) is 7.96. The number of hydrogen-bond donors (Lipinski definition) is 1. The van der Waals surface area contributed by atoms with E-state index in [1.165, 1.54) is 45.4 Å². The van der Waals surface area contributed by atoms with Gasteiger partial charge in [-0.1, -0.05) is 20.8 Å². The number of hydrogen-bond acceptors (Lipinski definition) is 3. The van der Waals surface area contributed by atoms with Crippen molar-refractivity contribution in [1.29, 1.82) is 0 Å². The second kappa shape index (κ2) is 8.93. The van der Waals surface area contributed by atoms with E-state index in [2.05, 4.69) is 50.0 Å². The van der Waals surface area contributed by atoms with Crippen LogP contribution in [-0.4, -0.2) is 62.7 Å². The van der Waals surface area contributed by atoms with Gasteiger partial charge in [0.2, 0.25) is 0 Å². The third-order valence-electron chi connectivity index (χ3n) is 4.26. The van der Waals surface area contributed by atoms with Crippen LogP contribution < -0.4 is 5.32 Å². The molecule has 1 saturated carbocycles. The van der Waals surface area contributed by atoms with Crippen LogP contribution in [0.1, 0.15) is 40.0 Å². The maximum absolute atomic E-state index is 3.64. The van der Waals surface area contributed by atoms with Gasteiger partial charge in [0, 0.05) is 6.04 Å². The van der Waals surface area contributed by atoms with Gasteiger partial charge in [-0.2, -0.15) is 0 Å². The Labute approximate surface area is 120 Å². The summed E-state index contributed by atoms with van der Waals surface area (Å²) < 4.78 is 0. The van der Waals surface area contributed by atoms with E-state index in [4.69, 9.17) is 0 Å². The molecule has 1 aliphatic rings. The normalized spacial score (nSPS) is 23.4. The first-order chi connectivity index (χ1) is 9.04. The molecule has 1 fully saturated rings. The maximum Gasteiger partial charge on any atom is 0.0136 e. The fourth-order valence-corrected chi connectivity index (χ4v) is 2.98. The molecule has 3 nitrogen and oxygen atoms in total. The van der Waals surface area contributed by atoms with Gasteiger partial charge in [0.25, 0.3) is 0 Å². The van der Waals surface area contributed by atoms with Crippen LogP contribution in [-0.2, 0) is 0 Å². The fourth-order valence-electron chi connectivity index (χ4n) is 2.98. The Bertz CT molecular complexity index is 228. The number of rotatable bonds is 10. The first-order valence-corrected chi connectivity index (χ1v) is 8.14. The molecule has 2 unspecified atom stereocenters. The molecule has 0 heterocycles. The van der Waals surface area contributed by atoms with Gasteiger partial charge in [-0.25, -0.2) is 0 Å². The largest absolute Gasteiger partial charge is 0.316 e. The molecule has 0 saturated heterocycles. The van der Waals surface area contributed by atoms with Gasteiger partial charge in [-0.3, -0.25) is 0 Å². The molecule has 0 radical (unpaired) electrons. The van der Waals surface area contributed by atoms with Crippen molar-refractivity contribution in [3.05, 3.63) is 0 Å². The smallest absolute Gasteiger partial charge is 0.0136 e. The monoisotopic (exact) mass is 269 g/mol. The average Bonchev–Trinajstić information content (AvgIpc) is 2.31. The quantitative estimate of drug-likeness (QED) is 0.656. The van der Waals surface area contributed by atoms with E-state index in [9.17, 15) is 0 Å². The summed E-state index contributed by atoms with van der Waals surface area (Å²) in [4.78, 5) is 4.99. The molecule has 0 spiro atoms. The highest BCUT2D eigenvalue weighted by atomic mass is 15.2. The minimum atomic E-state index is 0.765. The summed E-state index contributed by atoms with van der Waals surface area (Å²) in [5, 5.41) is 3.64. The minimum Gasteiger partial charge on any atom is -0.316 e. The second-order valence-electron chi connectivity index (χ2n) is 6.74. The highest BCUT2D eigenvalue weighted by Crippen LogP contribution is 2.31. The van der Waals surface area contributed by atoms with Gasteiger partial charge in [0.1, 0.15) is 0 Å². The van der Waals surface area contributed by atoms with Crippen LogP contribution in [0.3, 0.4) is 0 Å². The van der Waals surface area contributed by atoms with Gasteiger partial charge < -0.3 is 15.1 Å². The fraction of sp³-hybridized carbons (Fsp3) is 1.00. The predicted octanol–water partition coefficient (Wildman–Crippen LogP) is 2.28. The Hall–Kier alpha value is -0.120. The highest BCUT2D eigenvalue weighted by molar-refractivity contribution is 4.89. The van der Waals surface area contributed by atoms with E-state index < -0.39 is 0 Å². The van der Waals surface area contributed by atoms with Crippen molar-refractivity contribution in [2.24, 2.45) is 11.8 Å². The predicted molar refractivity (Wildman–Crippen MR) is 84.6 cm³/mol. The molecule has 114 valence electrons. The van der Waals surface area contributed by atoms with Crippen LogP contribution in [0.2, 0.25) is 0 Å². The number of nitrogens with one attached hydrogen (secondary N) is 1. The van der Waals surface area contributed by atoms with Crippen LogP contribution in [0.25, 0.3) is 0 Å². The summed E-state index contributed by atoms with van der Waals surface area (Å²) in [6.45, 7) is 12.9. The first kappa shape index (κ1) is 16.9. The van der Waals surface area contributed by atoms with Crippen molar-refractivity contribution in [2.75, 3.05) is 46.8 Å². The third kappa shape index (κ3) is 6.24. The van der Waals surface area contributed by atoms with Crippen LogP contribution in [0.4, 0.5) is 0 Å². The van der Waals surface area contributed by atoms with Crippen molar-refractivity contribution >= 4 is 0 Å². The van der Waals surface area contributed by atoms with Crippen molar-refractivity contribution in [1.82, 2.24) is 15.1 Å². The summed E-state index contributed by atoms with van der Waals surface area (Å²) in [5.74, 6) is 1.65. The molecule has 19 heavy (non-hydrogen) atoms.